The molecular formula is C15H32N2O2. The van der Waals surface area contributed by atoms with Crippen molar-refractivity contribution in [2.75, 3.05) is 6.54 Å². The van der Waals surface area contributed by atoms with Gasteiger partial charge >= 0.3 is 0 Å². The van der Waals surface area contributed by atoms with Gasteiger partial charge in [-0.3, -0.25) is 4.79 Å². The second-order valence-electron chi connectivity index (χ2n) is 6.34. The zero-order valence-electron chi connectivity index (χ0n) is 13.1. The van der Waals surface area contributed by atoms with E-state index in [1.165, 1.54) is 0 Å². The summed E-state index contributed by atoms with van der Waals surface area (Å²) in [5.41, 5.74) is 5.96. The van der Waals surface area contributed by atoms with Crippen molar-refractivity contribution in [3.8, 4) is 0 Å². The van der Waals surface area contributed by atoms with Gasteiger partial charge in [-0.2, -0.15) is 0 Å². The van der Waals surface area contributed by atoms with Crippen LogP contribution in [0, 0.1) is 17.8 Å². The van der Waals surface area contributed by atoms with Crippen molar-refractivity contribution in [2.24, 2.45) is 23.5 Å². The topological polar surface area (TPSA) is 75.3 Å². The van der Waals surface area contributed by atoms with E-state index in [4.69, 9.17) is 5.73 Å². The van der Waals surface area contributed by atoms with Crippen LogP contribution < -0.4 is 11.1 Å². The molecule has 1 amide bonds. The first-order chi connectivity index (χ1) is 8.77. The molecule has 0 aromatic carbocycles. The Morgan fingerprint density at radius 1 is 1.16 bits per heavy atom. The van der Waals surface area contributed by atoms with Gasteiger partial charge in [0.1, 0.15) is 0 Å². The number of aliphatic hydroxyl groups excluding tert-OH is 1. The Hall–Kier alpha value is -0.610. The Morgan fingerprint density at radius 3 is 2.16 bits per heavy atom. The van der Waals surface area contributed by atoms with Crippen molar-refractivity contribution < 1.29 is 9.90 Å². The lowest BCUT2D eigenvalue weighted by Crippen LogP contribution is -2.40. The van der Waals surface area contributed by atoms with Crippen LogP contribution in [0.4, 0.5) is 0 Å². The molecule has 0 fully saturated rings. The highest BCUT2D eigenvalue weighted by Crippen LogP contribution is 2.16. The van der Waals surface area contributed by atoms with Crippen LogP contribution in [-0.4, -0.2) is 29.7 Å². The van der Waals surface area contributed by atoms with Crippen molar-refractivity contribution in [1.29, 1.82) is 0 Å². The highest BCUT2D eigenvalue weighted by Gasteiger charge is 2.24. The van der Waals surface area contributed by atoms with Gasteiger partial charge in [-0.05, 0) is 31.1 Å². The Kier molecular flexibility index (Phi) is 9.02. The quantitative estimate of drug-likeness (QED) is 0.600. The van der Waals surface area contributed by atoms with Gasteiger partial charge in [0.15, 0.2) is 0 Å². The van der Waals surface area contributed by atoms with Gasteiger partial charge in [0.05, 0.1) is 6.10 Å². The standard InChI is InChI=1S/C15H32N2O2/c1-6-12(15(19)17-9-11(4)5)8-14(18)13(16)7-10(2)3/h10-14,18H,6-9,16H2,1-5H3,(H,17,19)/t12?,13-,14?/m0/s1. The van der Waals surface area contributed by atoms with Crippen LogP contribution >= 0.6 is 0 Å². The third-order valence-electron chi connectivity index (χ3n) is 3.31. The number of carbonyl (C=O) groups is 1. The van der Waals surface area contributed by atoms with Gasteiger partial charge in [0, 0.05) is 18.5 Å². The van der Waals surface area contributed by atoms with Crippen LogP contribution in [0.15, 0.2) is 0 Å². The monoisotopic (exact) mass is 272 g/mol. The number of amides is 1. The van der Waals surface area contributed by atoms with E-state index in [2.05, 4.69) is 33.0 Å². The first-order valence-electron chi connectivity index (χ1n) is 7.49. The summed E-state index contributed by atoms with van der Waals surface area (Å²) in [5, 5.41) is 13.0. The molecule has 0 rings (SSSR count). The molecule has 0 spiro atoms. The van der Waals surface area contributed by atoms with E-state index >= 15 is 0 Å². The summed E-state index contributed by atoms with van der Waals surface area (Å²) >= 11 is 0. The van der Waals surface area contributed by atoms with Gasteiger partial charge < -0.3 is 16.2 Å². The summed E-state index contributed by atoms with van der Waals surface area (Å²) in [4.78, 5) is 12.0. The molecule has 0 radical (unpaired) electrons. The van der Waals surface area contributed by atoms with Gasteiger partial charge in [-0.25, -0.2) is 0 Å². The van der Waals surface area contributed by atoms with Crippen molar-refractivity contribution >= 4 is 5.91 Å². The highest BCUT2D eigenvalue weighted by atomic mass is 16.3. The van der Waals surface area contributed by atoms with E-state index in [0.29, 0.717) is 24.8 Å². The molecule has 4 N–H and O–H groups in total. The molecule has 3 atom stereocenters. The lowest BCUT2D eigenvalue weighted by atomic mass is 9.91. The molecule has 0 saturated carbocycles. The van der Waals surface area contributed by atoms with Crippen molar-refractivity contribution in [1.82, 2.24) is 5.32 Å². The molecule has 0 aromatic heterocycles. The summed E-state index contributed by atoms with van der Waals surface area (Å²) in [6.45, 7) is 10.9. The van der Waals surface area contributed by atoms with E-state index in [1.54, 1.807) is 0 Å². The van der Waals surface area contributed by atoms with Gasteiger partial charge in [-0.15, -0.1) is 0 Å². The fourth-order valence-electron chi connectivity index (χ4n) is 2.08. The molecule has 4 nitrogen and oxygen atoms in total. The van der Waals surface area contributed by atoms with Crippen LogP contribution in [0.2, 0.25) is 0 Å². The van der Waals surface area contributed by atoms with Crippen LogP contribution in [-0.2, 0) is 4.79 Å². The van der Waals surface area contributed by atoms with E-state index in [0.717, 1.165) is 12.8 Å². The predicted molar refractivity (Wildman–Crippen MR) is 79.7 cm³/mol. The Balaban J connectivity index is 4.26. The van der Waals surface area contributed by atoms with E-state index in [9.17, 15) is 9.90 Å². The zero-order valence-corrected chi connectivity index (χ0v) is 13.1. The number of hydrogen-bond acceptors (Lipinski definition) is 3. The van der Waals surface area contributed by atoms with Crippen molar-refractivity contribution in [2.45, 2.75) is 66.0 Å². The number of nitrogens with two attached hydrogens (primary N) is 1. The van der Waals surface area contributed by atoms with E-state index in [-0.39, 0.29) is 17.9 Å². The molecule has 0 aliphatic carbocycles. The fraction of sp³-hybridized carbons (Fsp3) is 0.933. The van der Waals surface area contributed by atoms with Gasteiger partial charge in [0.2, 0.25) is 5.91 Å². The second-order valence-corrected chi connectivity index (χ2v) is 6.34. The molecule has 114 valence electrons. The lowest BCUT2D eigenvalue weighted by Gasteiger charge is -2.24. The molecule has 0 aliphatic rings. The molecule has 0 heterocycles. The minimum Gasteiger partial charge on any atom is -0.391 e. The normalized spacial score (nSPS) is 16.5. The second kappa shape index (κ2) is 9.32. The summed E-state index contributed by atoms with van der Waals surface area (Å²) < 4.78 is 0. The molecular weight excluding hydrogens is 240 g/mol. The maximum Gasteiger partial charge on any atom is 0.223 e. The minimum atomic E-state index is -0.600. The van der Waals surface area contributed by atoms with E-state index < -0.39 is 6.10 Å². The molecule has 0 bridgehead atoms. The Bertz CT molecular complexity index is 255. The van der Waals surface area contributed by atoms with Crippen molar-refractivity contribution in [3.63, 3.8) is 0 Å². The molecule has 19 heavy (non-hydrogen) atoms. The fourth-order valence-corrected chi connectivity index (χ4v) is 2.08. The smallest absolute Gasteiger partial charge is 0.223 e. The predicted octanol–water partition coefficient (Wildman–Crippen LogP) is 1.91. The first-order valence-corrected chi connectivity index (χ1v) is 7.49. The van der Waals surface area contributed by atoms with Crippen molar-refractivity contribution in [3.05, 3.63) is 0 Å². The summed E-state index contributed by atoms with van der Waals surface area (Å²) in [7, 11) is 0. The SMILES string of the molecule is CCC(CC(O)[C@@H](N)CC(C)C)C(=O)NCC(C)C. The van der Waals surface area contributed by atoms with Crippen LogP contribution in [0.1, 0.15) is 53.9 Å². The average Bonchev–Trinajstić information content (AvgIpc) is 2.31. The van der Waals surface area contributed by atoms with Gasteiger partial charge in [-0.1, -0.05) is 34.6 Å². The minimum absolute atomic E-state index is 0.0343. The molecule has 2 unspecified atom stereocenters. The third-order valence-corrected chi connectivity index (χ3v) is 3.31. The maximum atomic E-state index is 12.0. The highest BCUT2D eigenvalue weighted by molar-refractivity contribution is 5.78. The lowest BCUT2D eigenvalue weighted by molar-refractivity contribution is -0.126. The zero-order chi connectivity index (χ0) is 15.0. The Labute approximate surface area is 118 Å². The number of rotatable bonds is 9. The van der Waals surface area contributed by atoms with Crippen LogP contribution in [0.25, 0.3) is 0 Å². The van der Waals surface area contributed by atoms with E-state index in [1.807, 2.05) is 6.92 Å². The summed E-state index contributed by atoms with van der Waals surface area (Å²) in [5.74, 6) is 0.785. The Morgan fingerprint density at radius 2 is 1.74 bits per heavy atom. The maximum absolute atomic E-state index is 12.0. The molecule has 4 heteroatoms. The third kappa shape index (κ3) is 8.22. The summed E-state index contributed by atoms with van der Waals surface area (Å²) in [6, 6.07) is -0.244. The first kappa shape index (κ1) is 18.4. The summed E-state index contributed by atoms with van der Waals surface area (Å²) in [6.07, 6.45) is 1.37. The number of hydrogen-bond donors (Lipinski definition) is 3. The van der Waals surface area contributed by atoms with Crippen LogP contribution in [0.5, 0.6) is 0 Å². The number of carbonyl (C=O) groups excluding carboxylic acids is 1. The largest absolute Gasteiger partial charge is 0.391 e. The molecule has 0 saturated heterocycles. The number of nitrogens with one attached hydrogen (secondary N) is 1. The molecule has 0 aromatic rings. The average molecular weight is 272 g/mol. The molecule has 0 aliphatic heterocycles. The number of aliphatic hydroxyl groups is 1. The van der Waals surface area contributed by atoms with Crippen LogP contribution in [0.3, 0.4) is 0 Å². The van der Waals surface area contributed by atoms with Gasteiger partial charge in [0.25, 0.3) is 0 Å².